The van der Waals surface area contributed by atoms with Gasteiger partial charge in [0, 0.05) is 29.9 Å². The van der Waals surface area contributed by atoms with E-state index in [0.29, 0.717) is 11.4 Å². The molecule has 170 valence electrons. The van der Waals surface area contributed by atoms with Gasteiger partial charge in [-0.05, 0) is 24.0 Å². The predicted molar refractivity (Wildman–Crippen MR) is 124 cm³/mol. The van der Waals surface area contributed by atoms with Crippen molar-refractivity contribution in [2.45, 2.75) is 51.0 Å². The van der Waals surface area contributed by atoms with E-state index < -0.39 is 16.8 Å². The molecular weight excluding hydrogens is 439 g/mol. The molecule has 1 heterocycles. The second-order valence-corrected chi connectivity index (χ2v) is 9.04. The average Bonchev–Trinajstić information content (AvgIpc) is 3.29. The summed E-state index contributed by atoms with van der Waals surface area (Å²) in [5.74, 6) is -0.0896. The summed E-state index contributed by atoms with van der Waals surface area (Å²) in [4.78, 5) is 25.8. The molecule has 0 bridgehead atoms. The number of anilines is 1. The fourth-order valence-corrected chi connectivity index (χ4v) is 3.28. The minimum Gasteiger partial charge on any atom is -0.356 e. The molecule has 31 heavy (non-hydrogen) atoms. The monoisotopic (exact) mass is 468 g/mol. The number of carbonyl (C=O) groups is 2. The largest absolute Gasteiger partial charge is 0.356 e. The smallest absolute Gasteiger partial charge is 0.260 e. The Bertz CT molecular complexity index is 858. The molecule has 3 N–H and O–H groups in total. The Morgan fingerprint density at radius 2 is 1.94 bits per heavy atom. The molecule has 1 aromatic heterocycles. The van der Waals surface area contributed by atoms with E-state index >= 15 is 0 Å². The number of hydrogen-bond acceptors (Lipinski definition) is 5. The predicted octanol–water partition coefficient (Wildman–Crippen LogP) is 3.99. The lowest BCUT2D eigenvalue weighted by Gasteiger charge is -2.32. The van der Waals surface area contributed by atoms with E-state index in [0.717, 1.165) is 12.0 Å². The van der Waals surface area contributed by atoms with Crippen LogP contribution >= 0.6 is 23.2 Å². The normalized spacial score (nSPS) is 14.4. The maximum atomic E-state index is 12.9. The van der Waals surface area contributed by atoms with Gasteiger partial charge in [0.1, 0.15) is 0 Å². The van der Waals surface area contributed by atoms with Gasteiger partial charge in [0.25, 0.3) is 5.91 Å². The first kappa shape index (κ1) is 25.2. The summed E-state index contributed by atoms with van der Waals surface area (Å²) in [7, 11) is 0. The van der Waals surface area contributed by atoms with Gasteiger partial charge in [-0.1, -0.05) is 74.6 Å². The van der Waals surface area contributed by atoms with Crippen LogP contribution in [0.2, 0.25) is 0 Å². The Morgan fingerprint density at radius 3 is 2.48 bits per heavy atom. The lowest BCUT2D eigenvalue weighted by atomic mass is 9.97. The molecule has 0 spiro atoms. The Balaban J connectivity index is 2.31. The Labute approximate surface area is 193 Å². The number of nitrogens with two attached hydrogens (primary N) is 1. The zero-order valence-corrected chi connectivity index (χ0v) is 19.7. The van der Waals surface area contributed by atoms with Crippen molar-refractivity contribution in [2.24, 2.45) is 17.6 Å². The SMILES string of the molecule is CCC(C)C(N)C(=O)NC(CN(C(=O)C(Cl)Cl)c1cccc(-c2ccno2)c1)C(C)C. The summed E-state index contributed by atoms with van der Waals surface area (Å²) in [6.07, 6.45) is 2.34. The maximum Gasteiger partial charge on any atom is 0.260 e. The van der Waals surface area contributed by atoms with Gasteiger partial charge in [-0.3, -0.25) is 9.59 Å². The molecule has 3 unspecified atom stereocenters. The van der Waals surface area contributed by atoms with E-state index in [1.807, 2.05) is 33.8 Å². The third-order valence-electron chi connectivity index (χ3n) is 5.40. The zero-order valence-electron chi connectivity index (χ0n) is 18.2. The number of halogens is 2. The number of carbonyl (C=O) groups excluding carboxylic acids is 2. The molecule has 0 saturated heterocycles. The second kappa shape index (κ2) is 11.5. The third-order valence-corrected chi connectivity index (χ3v) is 5.78. The van der Waals surface area contributed by atoms with E-state index in [1.165, 1.54) is 4.90 Å². The first-order valence-electron chi connectivity index (χ1n) is 10.3. The van der Waals surface area contributed by atoms with Crippen LogP contribution in [0.5, 0.6) is 0 Å². The van der Waals surface area contributed by atoms with Gasteiger partial charge in [0.2, 0.25) is 5.91 Å². The van der Waals surface area contributed by atoms with Gasteiger partial charge in [0.15, 0.2) is 10.6 Å². The molecule has 2 rings (SSSR count). The molecule has 1 aromatic carbocycles. The lowest BCUT2D eigenvalue weighted by Crippen LogP contribution is -2.54. The Morgan fingerprint density at radius 1 is 1.23 bits per heavy atom. The first-order valence-corrected chi connectivity index (χ1v) is 11.2. The molecule has 9 heteroatoms. The van der Waals surface area contributed by atoms with E-state index in [9.17, 15) is 9.59 Å². The number of hydrogen-bond donors (Lipinski definition) is 2. The fourth-order valence-electron chi connectivity index (χ4n) is 3.04. The molecule has 0 saturated carbocycles. The van der Waals surface area contributed by atoms with Crippen molar-refractivity contribution in [3.05, 3.63) is 36.5 Å². The summed E-state index contributed by atoms with van der Waals surface area (Å²) < 4.78 is 5.22. The van der Waals surface area contributed by atoms with Gasteiger partial charge < -0.3 is 20.5 Å². The molecule has 0 fully saturated rings. The number of nitrogens with one attached hydrogen (secondary N) is 1. The van der Waals surface area contributed by atoms with Crippen LogP contribution in [0.15, 0.2) is 41.1 Å². The van der Waals surface area contributed by atoms with Crippen molar-refractivity contribution in [3.8, 4) is 11.3 Å². The van der Waals surface area contributed by atoms with Gasteiger partial charge in [-0.25, -0.2) is 0 Å². The summed E-state index contributed by atoms with van der Waals surface area (Å²) >= 11 is 11.9. The molecule has 0 aliphatic carbocycles. The average molecular weight is 469 g/mol. The van der Waals surface area contributed by atoms with Crippen molar-refractivity contribution < 1.29 is 14.1 Å². The minimum atomic E-state index is -1.25. The molecule has 7 nitrogen and oxygen atoms in total. The zero-order chi connectivity index (χ0) is 23.1. The van der Waals surface area contributed by atoms with Crippen LogP contribution in [0, 0.1) is 11.8 Å². The molecule has 0 radical (unpaired) electrons. The van der Waals surface area contributed by atoms with Crippen LogP contribution < -0.4 is 16.0 Å². The summed E-state index contributed by atoms with van der Waals surface area (Å²) in [6, 6.07) is 7.96. The number of alkyl halides is 2. The van der Waals surface area contributed by atoms with Crippen LogP contribution in [0.25, 0.3) is 11.3 Å². The summed E-state index contributed by atoms with van der Waals surface area (Å²) in [5, 5.41) is 6.72. The number of aromatic nitrogens is 1. The topological polar surface area (TPSA) is 101 Å². The van der Waals surface area contributed by atoms with Crippen molar-refractivity contribution in [3.63, 3.8) is 0 Å². The van der Waals surface area contributed by atoms with Crippen molar-refractivity contribution in [1.82, 2.24) is 10.5 Å². The molecular formula is C22H30Cl2N4O3. The highest BCUT2D eigenvalue weighted by molar-refractivity contribution is 6.54. The van der Waals surface area contributed by atoms with Crippen LogP contribution in [0.4, 0.5) is 5.69 Å². The Kier molecular flexibility index (Phi) is 9.34. The van der Waals surface area contributed by atoms with Gasteiger partial charge >= 0.3 is 0 Å². The summed E-state index contributed by atoms with van der Waals surface area (Å²) in [6.45, 7) is 8.04. The highest BCUT2D eigenvalue weighted by atomic mass is 35.5. The first-order chi connectivity index (χ1) is 14.6. The van der Waals surface area contributed by atoms with E-state index in [4.69, 9.17) is 33.5 Å². The lowest BCUT2D eigenvalue weighted by molar-refractivity contribution is -0.124. The Hall–Kier alpha value is -2.09. The van der Waals surface area contributed by atoms with E-state index in [-0.39, 0.29) is 30.3 Å². The van der Waals surface area contributed by atoms with Gasteiger partial charge in [0.05, 0.1) is 12.2 Å². The van der Waals surface area contributed by atoms with Crippen molar-refractivity contribution in [1.29, 1.82) is 0 Å². The van der Waals surface area contributed by atoms with Gasteiger partial charge in [-0.15, -0.1) is 0 Å². The van der Waals surface area contributed by atoms with Crippen LogP contribution in [0.1, 0.15) is 34.1 Å². The maximum absolute atomic E-state index is 12.9. The van der Waals surface area contributed by atoms with Crippen LogP contribution in [-0.4, -0.2) is 40.4 Å². The molecule has 0 aliphatic rings. The number of amides is 2. The minimum absolute atomic E-state index is 0.0324. The van der Waals surface area contributed by atoms with Crippen molar-refractivity contribution >= 4 is 40.7 Å². The second-order valence-electron chi connectivity index (χ2n) is 7.95. The number of rotatable bonds is 10. The fraction of sp³-hybridized carbons (Fsp3) is 0.500. The third kappa shape index (κ3) is 6.69. The van der Waals surface area contributed by atoms with E-state index in [1.54, 1.807) is 30.5 Å². The molecule has 2 amide bonds. The van der Waals surface area contributed by atoms with Crippen LogP contribution in [-0.2, 0) is 9.59 Å². The highest BCUT2D eigenvalue weighted by Crippen LogP contribution is 2.26. The molecule has 0 aliphatic heterocycles. The van der Waals surface area contributed by atoms with Crippen molar-refractivity contribution in [2.75, 3.05) is 11.4 Å². The van der Waals surface area contributed by atoms with E-state index in [2.05, 4.69) is 10.5 Å². The number of nitrogens with zero attached hydrogens (tertiary/aromatic N) is 2. The summed E-state index contributed by atoms with van der Waals surface area (Å²) in [5.41, 5.74) is 7.42. The van der Waals surface area contributed by atoms with Crippen LogP contribution in [0.3, 0.4) is 0 Å². The van der Waals surface area contributed by atoms with Gasteiger partial charge in [-0.2, -0.15) is 0 Å². The quantitative estimate of drug-likeness (QED) is 0.513. The molecule has 3 atom stereocenters. The highest BCUT2D eigenvalue weighted by Gasteiger charge is 2.29. The number of benzene rings is 1. The standard InChI is InChI=1S/C22H30Cl2N4O3/c1-5-14(4)19(25)21(29)27-17(13(2)3)12-28(22(30)20(23)24)16-8-6-7-15(11-16)18-9-10-26-31-18/h6-11,13-14,17,19-20H,5,12,25H2,1-4H3,(H,27,29). The molecule has 2 aromatic rings.